The van der Waals surface area contributed by atoms with Crippen molar-refractivity contribution in [2.75, 3.05) is 23.4 Å². The summed E-state index contributed by atoms with van der Waals surface area (Å²) >= 11 is 4.74. The summed E-state index contributed by atoms with van der Waals surface area (Å²) < 4.78 is 0.509. The Bertz CT molecular complexity index is 543. The Morgan fingerprint density at radius 1 is 1.45 bits per heavy atom. The first-order valence-corrected chi connectivity index (χ1v) is 7.59. The van der Waals surface area contributed by atoms with Crippen LogP contribution in [-0.4, -0.2) is 35.2 Å². The summed E-state index contributed by atoms with van der Waals surface area (Å²) in [5.74, 6) is 2.67. The van der Waals surface area contributed by atoms with Gasteiger partial charge in [-0.25, -0.2) is 9.59 Å². The summed E-state index contributed by atoms with van der Waals surface area (Å²) in [4.78, 5) is 22.8. The van der Waals surface area contributed by atoms with Crippen molar-refractivity contribution < 1.29 is 14.7 Å². The van der Waals surface area contributed by atoms with Crippen LogP contribution >= 0.6 is 27.7 Å². The van der Waals surface area contributed by atoms with Crippen LogP contribution in [0.2, 0.25) is 0 Å². The highest BCUT2D eigenvalue weighted by Crippen LogP contribution is 2.26. The first-order valence-electron chi connectivity index (χ1n) is 5.64. The van der Waals surface area contributed by atoms with Gasteiger partial charge in [-0.3, -0.25) is 0 Å². The Kier molecular flexibility index (Phi) is 6.98. The Labute approximate surface area is 129 Å². The normalized spacial score (nSPS) is 9.60. The molecule has 0 atom stereocenters. The molecule has 1 aromatic rings. The molecule has 0 unspecified atom stereocenters. The molecule has 0 aliphatic rings. The number of benzene rings is 1. The number of carboxylic acid groups (broad SMARTS) is 1. The minimum absolute atomic E-state index is 0.0243. The van der Waals surface area contributed by atoms with Crippen LogP contribution in [0.3, 0.4) is 0 Å². The van der Waals surface area contributed by atoms with Crippen LogP contribution in [0.5, 0.6) is 0 Å². The summed E-state index contributed by atoms with van der Waals surface area (Å²) in [6.07, 6.45) is 5.10. The van der Waals surface area contributed by atoms with E-state index >= 15 is 0 Å². The smallest absolute Gasteiger partial charge is 0.337 e. The molecule has 3 N–H and O–H groups in total. The average Bonchev–Trinajstić information content (AvgIpc) is 2.40. The summed E-state index contributed by atoms with van der Waals surface area (Å²) in [6, 6.07) is 4.21. The second-order valence-electron chi connectivity index (χ2n) is 3.61. The zero-order chi connectivity index (χ0) is 15.0. The first-order chi connectivity index (χ1) is 9.56. The van der Waals surface area contributed by atoms with Gasteiger partial charge in [0.1, 0.15) is 0 Å². The second-order valence-corrected chi connectivity index (χ2v) is 5.56. The van der Waals surface area contributed by atoms with E-state index in [1.807, 2.05) is 0 Å². The number of terminal acetylenes is 1. The van der Waals surface area contributed by atoms with Crippen molar-refractivity contribution in [3.63, 3.8) is 0 Å². The molecule has 0 aromatic heterocycles. The molecule has 0 spiro atoms. The molecule has 0 bridgehead atoms. The quantitative estimate of drug-likeness (QED) is 0.540. The van der Waals surface area contributed by atoms with E-state index < -0.39 is 12.0 Å². The second kappa shape index (κ2) is 8.51. The zero-order valence-electron chi connectivity index (χ0n) is 10.5. The van der Waals surface area contributed by atoms with Gasteiger partial charge in [0.2, 0.25) is 0 Å². The fourth-order valence-electron chi connectivity index (χ4n) is 1.35. The number of nitrogens with one attached hydrogen (secondary N) is 2. The van der Waals surface area contributed by atoms with Crippen LogP contribution in [0.15, 0.2) is 22.7 Å². The van der Waals surface area contributed by atoms with Gasteiger partial charge in [-0.05, 0) is 28.1 Å². The highest BCUT2D eigenvalue weighted by atomic mass is 79.9. The molecule has 1 rings (SSSR count). The molecule has 0 aliphatic carbocycles. The Morgan fingerprint density at radius 3 is 2.85 bits per heavy atom. The first kappa shape index (κ1) is 16.4. The molecule has 5 nitrogen and oxygen atoms in total. The lowest BCUT2D eigenvalue weighted by molar-refractivity contribution is 0.0698. The number of hydrogen-bond donors (Lipinski definition) is 3. The number of halogens is 1. The van der Waals surface area contributed by atoms with Crippen molar-refractivity contribution in [2.45, 2.75) is 0 Å². The fraction of sp³-hybridized carbons (Fsp3) is 0.231. The van der Waals surface area contributed by atoms with Crippen LogP contribution in [0.1, 0.15) is 10.4 Å². The molecule has 0 saturated heterocycles. The third kappa shape index (κ3) is 5.15. The maximum Gasteiger partial charge on any atom is 0.337 e. The molecule has 2 amide bonds. The van der Waals surface area contributed by atoms with Crippen molar-refractivity contribution in [1.82, 2.24) is 5.32 Å². The van der Waals surface area contributed by atoms with Crippen LogP contribution in [0.4, 0.5) is 10.5 Å². The molecule has 0 heterocycles. The lowest BCUT2D eigenvalue weighted by atomic mass is 10.2. The van der Waals surface area contributed by atoms with E-state index in [0.717, 1.165) is 0 Å². The topological polar surface area (TPSA) is 78.4 Å². The highest BCUT2D eigenvalue weighted by Gasteiger charge is 2.14. The van der Waals surface area contributed by atoms with Crippen molar-refractivity contribution in [3.8, 4) is 12.3 Å². The third-order valence-electron chi connectivity index (χ3n) is 2.20. The lowest BCUT2D eigenvalue weighted by Gasteiger charge is -2.11. The number of carbonyl (C=O) groups excluding carboxylic acids is 1. The Hall–Kier alpha value is -1.65. The van der Waals surface area contributed by atoms with Gasteiger partial charge in [0.25, 0.3) is 0 Å². The van der Waals surface area contributed by atoms with Crippen LogP contribution < -0.4 is 10.6 Å². The SMILES string of the molecule is C#CCSCCNC(=O)Nc1c(Br)cccc1C(=O)O. The molecule has 106 valence electrons. The molecule has 1 aromatic carbocycles. The average molecular weight is 357 g/mol. The number of aromatic carboxylic acids is 1. The van der Waals surface area contributed by atoms with Crippen molar-refractivity contribution in [1.29, 1.82) is 0 Å². The monoisotopic (exact) mass is 356 g/mol. The predicted octanol–water partition coefficient (Wildman–Crippen LogP) is 2.64. The number of urea groups is 1. The lowest BCUT2D eigenvalue weighted by Crippen LogP contribution is -2.31. The molecule has 0 radical (unpaired) electrons. The van der Waals surface area contributed by atoms with E-state index in [4.69, 9.17) is 11.5 Å². The van der Waals surface area contributed by atoms with Gasteiger partial charge in [0.15, 0.2) is 0 Å². The summed E-state index contributed by atoms with van der Waals surface area (Å²) in [5, 5.41) is 14.2. The molecular weight excluding hydrogens is 344 g/mol. The Morgan fingerprint density at radius 2 is 2.20 bits per heavy atom. The fourth-order valence-corrected chi connectivity index (χ4v) is 2.33. The van der Waals surface area contributed by atoms with Gasteiger partial charge < -0.3 is 15.7 Å². The summed E-state index contributed by atoms with van der Waals surface area (Å²) in [6.45, 7) is 0.449. The standard InChI is InChI=1S/C13H13BrN2O3S/c1-2-7-20-8-6-15-13(19)16-11-9(12(17)18)4-3-5-10(11)14/h1,3-5H,6-8H2,(H,17,18)(H2,15,16,19). The van der Waals surface area contributed by atoms with Crippen LogP contribution in [-0.2, 0) is 0 Å². The highest BCUT2D eigenvalue weighted by molar-refractivity contribution is 9.10. The number of thioether (sulfide) groups is 1. The summed E-state index contributed by atoms with van der Waals surface area (Å²) in [7, 11) is 0. The third-order valence-corrected chi connectivity index (χ3v) is 3.72. The van der Waals surface area contributed by atoms with Crippen LogP contribution in [0, 0.1) is 12.3 Å². The minimum atomic E-state index is -1.11. The molecule has 0 saturated carbocycles. The number of amides is 2. The molecule has 0 aliphatic heterocycles. The number of para-hydroxylation sites is 1. The van der Waals surface area contributed by atoms with E-state index in [2.05, 4.69) is 32.5 Å². The number of hydrogen-bond acceptors (Lipinski definition) is 3. The number of anilines is 1. The molecule has 7 heteroatoms. The van der Waals surface area contributed by atoms with Gasteiger partial charge in [-0.2, -0.15) is 0 Å². The number of carboxylic acids is 1. The molecule has 20 heavy (non-hydrogen) atoms. The Balaban J connectivity index is 2.58. The zero-order valence-corrected chi connectivity index (χ0v) is 12.9. The van der Waals surface area contributed by atoms with Crippen molar-refractivity contribution in [2.24, 2.45) is 0 Å². The minimum Gasteiger partial charge on any atom is -0.478 e. The van der Waals surface area contributed by atoms with Crippen LogP contribution in [0.25, 0.3) is 0 Å². The predicted molar refractivity (Wildman–Crippen MR) is 84.3 cm³/mol. The number of rotatable bonds is 6. The largest absolute Gasteiger partial charge is 0.478 e. The van der Waals surface area contributed by atoms with Crippen molar-refractivity contribution in [3.05, 3.63) is 28.2 Å². The molecule has 0 fully saturated rings. The van der Waals surface area contributed by atoms with E-state index in [1.54, 1.807) is 12.1 Å². The number of carbonyl (C=O) groups is 2. The van der Waals surface area contributed by atoms with Gasteiger partial charge in [-0.1, -0.05) is 12.0 Å². The van der Waals surface area contributed by atoms with E-state index in [1.165, 1.54) is 17.8 Å². The van der Waals surface area contributed by atoms with E-state index in [9.17, 15) is 9.59 Å². The van der Waals surface area contributed by atoms with Crippen molar-refractivity contribution >= 4 is 45.4 Å². The van der Waals surface area contributed by atoms with Gasteiger partial charge >= 0.3 is 12.0 Å². The van der Waals surface area contributed by atoms with Gasteiger partial charge in [-0.15, -0.1) is 18.2 Å². The summed E-state index contributed by atoms with van der Waals surface area (Å²) in [5.41, 5.74) is 0.255. The molecular formula is C13H13BrN2O3S. The maximum atomic E-state index is 11.7. The maximum absolute atomic E-state index is 11.7. The van der Waals surface area contributed by atoms with E-state index in [0.29, 0.717) is 22.5 Å². The van der Waals surface area contributed by atoms with Gasteiger partial charge in [0.05, 0.1) is 17.0 Å². The van der Waals surface area contributed by atoms with Gasteiger partial charge in [0, 0.05) is 16.8 Å². The van der Waals surface area contributed by atoms with E-state index in [-0.39, 0.29) is 11.3 Å².